The smallest absolute Gasteiger partial charge is 0.176 e. The van der Waals surface area contributed by atoms with Crippen LogP contribution in [0.4, 0.5) is 0 Å². The highest BCUT2D eigenvalue weighted by molar-refractivity contribution is 5.45. The van der Waals surface area contributed by atoms with Crippen molar-refractivity contribution in [3.63, 3.8) is 0 Å². The molecule has 108 valence electrons. The summed E-state index contributed by atoms with van der Waals surface area (Å²) in [5.74, 6) is 3.20. The Morgan fingerprint density at radius 3 is 1.95 bits per heavy atom. The van der Waals surface area contributed by atoms with Crippen LogP contribution in [0.25, 0.3) is 0 Å². The molecule has 0 amide bonds. The molecule has 0 saturated heterocycles. The van der Waals surface area contributed by atoms with Gasteiger partial charge in [-0.05, 0) is 17.7 Å². The van der Waals surface area contributed by atoms with Crippen LogP contribution in [0, 0.1) is 12.3 Å². The first kappa shape index (κ1) is 15.1. The maximum absolute atomic E-state index is 10.8. The van der Waals surface area contributed by atoms with Gasteiger partial charge in [0.15, 0.2) is 5.60 Å². The normalized spacial score (nSPS) is 13.2. The van der Waals surface area contributed by atoms with Gasteiger partial charge in [0.1, 0.15) is 5.75 Å². The Morgan fingerprint density at radius 1 is 1.00 bits per heavy atom. The lowest BCUT2D eigenvalue weighted by Crippen LogP contribution is -2.25. The molecule has 2 rings (SSSR count). The summed E-state index contributed by atoms with van der Waals surface area (Å²) in [4.78, 5) is 0. The first-order chi connectivity index (χ1) is 10.1. The standard InChI is InChI=1S/C18H18O3/c1-4-18(19,16-9-11-17(21-3)12-10-16)15-7-5-14(6-8-15)13-20-2/h1,5-12,19H,13H2,2-3H3. The summed E-state index contributed by atoms with van der Waals surface area (Å²) in [7, 11) is 3.24. The predicted octanol–water partition coefficient (Wildman–Crippen LogP) is 2.71. The van der Waals surface area contributed by atoms with Crippen LogP contribution in [0.15, 0.2) is 48.5 Å². The fraction of sp³-hybridized carbons (Fsp3) is 0.222. The number of terminal acetylenes is 1. The quantitative estimate of drug-likeness (QED) is 0.857. The predicted molar refractivity (Wildman–Crippen MR) is 82.0 cm³/mol. The number of hydrogen-bond acceptors (Lipinski definition) is 3. The summed E-state index contributed by atoms with van der Waals surface area (Å²) in [6, 6.07) is 14.5. The Bertz CT molecular complexity index is 623. The van der Waals surface area contributed by atoms with E-state index >= 15 is 0 Å². The number of ether oxygens (including phenoxy) is 2. The second-order valence-corrected chi connectivity index (χ2v) is 4.71. The summed E-state index contributed by atoms with van der Waals surface area (Å²) in [6.07, 6.45) is 5.58. The third kappa shape index (κ3) is 3.08. The van der Waals surface area contributed by atoms with Gasteiger partial charge in [0.2, 0.25) is 0 Å². The van der Waals surface area contributed by atoms with Crippen molar-refractivity contribution < 1.29 is 14.6 Å². The van der Waals surface area contributed by atoms with Crippen molar-refractivity contribution in [2.24, 2.45) is 0 Å². The molecule has 0 heterocycles. The maximum atomic E-state index is 10.8. The summed E-state index contributed by atoms with van der Waals surface area (Å²) in [5, 5.41) is 10.8. The molecule has 0 aromatic heterocycles. The van der Waals surface area contributed by atoms with E-state index in [0.717, 1.165) is 5.56 Å². The van der Waals surface area contributed by atoms with Gasteiger partial charge in [-0.1, -0.05) is 42.3 Å². The SMILES string of the molecule is C#CC(O)(c1ccc(COC)cc1)c1ccc(OC)cc1. The summed E-state index contributed by atoms with van der Waals surface area (Å²) >= 11 is 0. The molecule has 0 aliphatic carbocycles. The van der Waals surface area contributed by atoms with Crippen molar-refractivity contribution in [3.05, 3.63) is 65.2 Å². The lowest BCUT2D eigenvalue weighted by atomic mass is 9.87. The number of methoxy groups -OCH3 is 2. The van der Waals surface area contributed by atoms with E-state index in [-0.39, 0.29) is 0 Å². The van der Waals surface area contributed by atoms with E-state index in [9.17, 15) is 5.11 Å². The molecule has 0 spiro atoms. The fourth-order valence-corrected chi connectivity index (χ4v) is 2.17. The van der Waals surface area contributed by atoms with Gasteiger partial charge in [0.05, 0.1) is 13.7 Å². The largest absolute Gasteiger partial charge is 0.497 e. The van der Waals surface area contributed by atoms with E-state index in [0.29, 0.717) is 23.5 Å². The Kier molecular flexibility index (Phi) is 4.64. The fourth-order valence-electron chi connectivity index (χ4n) is 2.17. The average molecular weight is 282 g/mol. The Morgan fingerprint density at radius 2 is 1.52 bits per heavy atom. The van der Waals surface area contributed by atoms with E-state index in [4.69, 9.17) is 15.9 Å². The van der Waals surface area contributed by atoms with E-state index in [2.05, 4.69) is 5.92 Å². The minimum absolute atomic E-state index is 0.525. The number of rotatable bonds is 5. The van der Waals surface area contributed by atoms with E-state index in [1.807, 2.05) is 24.3 Å². The third-order valence-electron chi connectivity index (χ3n) is 3.40. The van der Waals surface area contributed by atoms with Crippen LogP contribution in [-0.4, -0.2) is 19.3 Å². The molecule has 2 aromatic carbocycles. The minimum Gasteiger partial charge on any atom is -0.497 e. The van der Waals surface area contributed by atoms with Gasteiger partial charge in [-0.25, -0.2) is 0 Å². The summed E-state index contributed by atoms with van der Waals surface area (Å²) < 4.78 is 10.2. The van der Waals surface area contributed by atoms with Gasteiger partial charge in [0, 0.05) is 18.2 Å². The maximum Gasteiger partial charge on any atom is 0.176 e. The van der Waals surface area contributed by atoms with Gasteiger partial charge >= 0.3 is 0 Å². The number of aliphatic hydroxyl groups is 1. The third-order valence-corrected chi connectivity index (χ3v) is 3.40. The van der Waals surface area contributed by atoms with Gasteiger partial charge in [-0.2, -0.15) is 0 Å². The van der Waals surface area contributed by atoms with Crippen molar-refractivity contribution in [1.82, 2.24) is 0 Å². The van der Waals surface area contributed by atoms with Gasteiger partial charge < -0.3 is 14.6 Å². The molecular weight excluding hydrogens is 264 g/mol. The molecule has 2 aromatic rings. The average Bonchev–Trinajstić information content (AvgIpc) is 2.55. The second kappa shape index (κ2) is 6.45. The van der Waals surface area contributed by atoms with Crippen molar-refractivity contribution >= 4 is 0 Å². The molecule has 1 atom stereocenters. The molecule has 1 unspecified atom stereocenters. The molecule has 0 aliphatic rings. The van der Waals surface area contributed by atoms with Crippen molar-refractivity contribution in [1.29, 1.82) is 0 Å². The van der Waals surface area contributed by atoms with Crippen LogP contribution in [0.1, 0.15) is 16.7 Å². The first-order valence-electron chi connectivity index (χ1n) is 6.57. The topological polar surface area (TPSA) is 38.7 Å². The summed E-state index contributed by atoms with van der Waals surface area (Å²) in [5.41, 5.74) is 0.841. The molecular formula is C18H18O3. The molecule has 0 aliphatic heterocycles. The van der Waals surface area contributed by atoms with Gasteiger partial charge in [0.25, 0.3) is 0 Å². The van der Waals surface area contributed by atoms with Crippen LogP contribution in [-0.2, 0) is 16.9 Å². The zero-order chi connectivity index (χ0) is 15.3. The molecule has 0 radical (unpaired) electrons. The van der Waals surface area contributed by atoms with Crippen LogP contribution in [0.3, 0.4) is 0 Å². The number of benzene rings is 2. The highest BCUT2D eigenvalue weighted by Gasteiger charge is 2.29. The Balaban J connectivity index is 2.37. The molecule has 1 N–H and O–H groups in total. The molecule has 0 saturated carbocycles. The Hall–Kier alpha value is -2.28. The highest BCUT2D eigenvalue weighted by Crippen LogP contribution is 2.30. The highest BCUT2D eigenvalue weighted by atomic mass is 16.5. The van der Waals surface area contributed by atoms with Crippen LogP contribution < -0.4 is 4.74 Å². The lowest BCUT2D eigenvalue weighted by Gasteiger charge is -2.23. The molecule has 3 heteroatoms. The van der Waals surface area contributed by atoms with Gasteiger partial charge in [-0.15, -0.1) is 6.42 Å². The zero-order valence-electron chi connectivity index (χ0n) is 12.2. The van der Waals surface area contributed by atoms with Crippen molar-refractivity contribution in [3.8, 4) is 18.1 Å². The zero-order valence-corrected chi connectivity index (χ0v) is 12.2. The molecule has 3 nitrogen and oxygen atoms in total. The van der Waals surface area contributed by atoms with Crippen LogP contribution in [0.5, 0.6) is 5.75 Å². The monoisotopic (exact) mass is 282 g/mol. The second-order valence-electron chi connectivity index (χ2n) is 4.71. The van der Waals surface area contributed by atoms with Crippen molar-refractivity contribution in [2.75, 3.05) is 14.2 Å². The van der Waals surface area contributed by atoms with Crippen LogP contribution >= 0.6 is 0 Å². The molecule has 21 heavy (non-hydrogen) atoms. The molecule has 0 bridgehead atoms. The summed E-state index contributed by atoms with van der Waals surface area (Å²) in [6.45, 7) is 0.525. The van der Waals surface area contributed by atoms with E-state index < -0.39 is 5.60 Å². The number of hydrogen-bond donors (Lipinski definition) is 1. The first-order valence-corrected chi connectivity index (χ1v) is 6.57. The Labute approximate surface area is 125 Å². The molecule has 0 fully saturated rings. The minimum atomic E-state index is -1.46. The van der Waals surface area contributed by atoms with E-state index in [1.165, 1.54) is 0 Å². The van der Waals surface area contributed by atoms with Crippen LogP contribution in [0.2, 0.25) is 0 Å². The van der Waals surface area contributed by atoms with Crippen molar-refractivity contribution in [2.45, 2.75) is 12.2 Å². The lowest BCUT2D eigenvalue weighted by molar-refractivity contribution is 0.145. The van der Waals surface area contributed by atoms with Gasteiger partial charge in [-0.3, -0.25) is 0 Å². The van der Waals surface area contributed by atoms with E-state index in [1.54, 1.807) is 38.5 Å².